The minimum absolute atomic E-state index is 0.0278. The van der Waals surface area contributed by atoms with Crippen molar-refractivity contribution in [3.8, 4) is 0 Å². The number of hydrogen-bond donors (Lipinski definition) is 1. The van der Waals surface area contributed by atoms with Gasteiger partial charge in [-0.1, -0.05) is 26.0 Å². The summed E-state index contributed by atoms with van der Waals surface area (Å²) in [5.74, 6) is -0.627. The molecule has 0 radical (unpaired) electrons. The third kappa shape index (κ3) is 4.23. The van der Waals surface area contributed by atoms with Gasteiger partial charge in [-0.05, 0) is 36.6 Å². The quantitative estimate of drug-likeness (QED) is 0.841. The number of carboxylic acids is 1. The summed E-state index contributed by atoms with van der Waals surface area (Å²) in [6.45, 7) is 6.18. The third-order valence-electron chi connectivity index (χ3n) is 3.47. The number of carbonyl (C=O) groups excluding carboxylic acids is 1. The molecule has 4 heteroatoms. The molecule has 20 heavy (non-hydrogen) atoms. The van der Waals surface area contributed by atoms with Crippen LogP contribution in [-0.4, -0.2) is 35.0 Å². The van der Waals surface area contributed by atoms with Crippen LogP contribution in [0.1, 0.15) is 36.7 Å². The molecule has 0 bridgehead atoms. The van der Waals surface area contributed by atoms with Crippen LogP contribution in [0.3, 0.4) is 0 Å². The minimum Gasteiger partial charge on any atom is -0.478 e. The number of carboxylic acid groups (broad SMARTS) is 1. The van der Waals surface area contributed by atoms with Gasteiger partial charge in [0.25, 0.3) is 5.91 Å². The number of rotatable bonds is 5. The summed E-state index contributed by atoms with van der Waals surface area (Å²) in [5, 5.41) is 8.56. The molecule has 0 heterocycles. The van der Waals surface area contributed by atoms with E-state index in [0.29, 0.717) is 11.5 Å². The lowest BCUT2D eigenvalue weighted by Crippen LogP contribution is -2.38. The Balaban J connectivity index is 2.83. The minimum atomic E-state index is -0.990. The van der Waals surface area contributed by atoms with Crippen LogP contribution in [0.25, 0.3) is 6.08 Å². The van der Waals surface area contributed by atoms with Gasteiger partial charge >= 0.3 is 5.97 Å². The molecule has 0 saturated heterocycles. The highest BCUT2D eigenvalue weighted by atomic mass is 16.4. The van der Waals surface area contributed by atoms with Crippen LogP contribution in [0, 0.1) is 5.92 Å². The molecule has 0 saturated carbocycles. The van der Waals surface area contributed by atoms with E-state index in [1.165, 1.54) is 6.08 Å². The standard InChI is InChI=1S/C16H21NO3/c1-11(2)12(3)17(4)16(20)14-8-5-13(6-9-14)7-10-15(18)19/h5-12H,1-4H3,(H,18,19). The SMILES string of the molecule is CC(C)C(C)N(C)C(=O)c1ccc(C=CC(=O)O)cc1. The fourth-order valence-electron chi connectivity index (χ4n) is 1.74. The van der Waals surface area contributed by atoms with Crippen molar-refractivity contribution in [3.05, 3.63) is 41.5 Å². The lowest BCUT2D eigenvalue weighted by molar-refractivity contribution is -0.131. The fourth-order valence-corrected chi connectivity index (χ4v) is 1.74. The second-order valence-electron chi connectivity index (χ2n) is 5.19. The molecule has 0 aliphatic heterocycles. The van der Waals surface area contributed by atoms with Gasteiger partial charge in [-0.2, -0.15) is 0 Å². The average molecular weight is 275 g/mol. The average Bonchev–Trinajstić information content (AvgIpc) is 2.43. The van der Waals surface area contributed by atoms with Crippen LogP contribution in [0.4, 0.5) is 0 Å². The first-order valence-electron chi connectivity index (χ1n) is 6.61. The molecule has 108 valence electrons. The van der Waals surface area contributed by atoms with Gasteiger partial charge in [0, 0.05) is 24.7 Å². The lowest BCUT2D eigenvalue weighted by atomic mass is 10.0. The van der Waals surface area contributed by atoms with Crippen molar-refractivity contribution < 1.29 is 14.7 Å². The van der Waals surface area contributed by atoms with Crippen molar-refractivity contribution in [2.75, 3.05) is 7.05 Å². The summed E-state index contributed by atoms with van der Waals surface area (Å²) in [5.41, 5.74) is 1.36. The summed E-state index contributed by atoms with van der Waals surface area (Å²) in [6.07, 6.45) is 2.57. The number of hydrogen-bond acceptors (Lipinski definition) is 2. The lowest BCUT2D eigenvalue weighted by Gasteiger charge is -2.28. The summed E-state index contributed by atoms with van der Waals surface area (Å²) in [7, 11) is 1.80. The second-order valence-corrected chi connectivity index (χ2v) is 5.19. The Kier molecular flexibility index (Phi) is 5.50. The van der Waals surface area contributed by atoms with Crippen LogP contribution in [0.15, 0.2) is 30.3 Å². The Bertz CT molecular complexity index is 503. The first-order chi connectivity index (χ1) is 9.32. The zero-order chi connectivity index (χ0) is 15.3. The van der Waals surface area contributed by atoms with Gasteiger partial charge in [0.2, 0.25) is 0 Å². The summed E-state index contributed by atoms with van der Waals surface area (Å²) < 4.78 is 0. The Labute approximate surface area is 119 Å². The molecular weight excluding hydrogens is 254 g/mol. The van der Waals surface area contributed by atoms with E-state index >= 15 is 0 Å². The molecule has 0 aliphatic rings. The number of amides is 1. The monoisotopic (exact) mass is 275 g/mol. The summed E-state index contributed by atoms with van der Waals surface area (Å²) in [6, 6.07) is 7.07. The molecule has 1 atom stereocenters. The topological polar surface area (TPSA) is 57.6 Å². The van der Waals surface area contributed by atoms with Crippen molar-refractivity contribution in [3.63, 3.8) is 0 Å². The van der Waals surface area contributed by atoms with Crippen LogP contribution >= 0.6 is 0 Å². The number of aliphatic carboxylic acids is 1. The first kappa shape index (κ1) is 16.0. The third-order valence-corrected chi connectivity index (χ3v) is 3.47. The van der Waals surface area contributed by atoms with E-state index in [2.05, 4.69) is 13.8 Å². The zero-order valence-corrected chi connectivity index (χ0v) is 12.3. The van der Waals surface area contributed by atoms with Crippen LogP contribution < -0.4 is 0 Å². The molecule has 1 aromatic rings. The summed E-state index contributed by atoms with van der Waals surface area (Å²) >= 11 is 0. The normalized spacial score (nSPS) is 12.7. The predicted octanol–water partition coefficient (Wildman–Crippen LogP) is 2.90. The summed E-state index contributed by atoms with van der Waals surface area (Å²) in [4.78, 5) is 24.4. The van der Waals surface area contributed by atoms with E-state index in [-0.39, 0.29) is 11.9 Å². The van der Waals surface area contributed by atoms with Crippen LogP contribution in [0.2, 0.25) is 0 Å². The molecule has 0 aliphatic carbocycles. The maximum atomic E-state index is 12.3. The number of nitrogens with zero attached hydrogens (tertiary/aromatic N) is 1. The van der Waals surface area contributed by atoms with Crippen molar-refractivity contribution in [2.24, 2.45) is 5.92 Å². The zero-order valence-electron chi connectivity index (χ0n) is 12.3. The molecule has 4 nitrogen and oxygen atoms in total. The molecular formula is C16H21NO3. The van der Waals surface area contributed by atoms with Gasteiger partial charge in [-0.15, -0.1) is 0 Å². The first-order valence-corrected chi connectivity index (χ1v) is 6.61. The van der Waals surface area contributed by atoms with Gasteiger partial charge in [-0.25, -0.2) is 4.79 Å². The van der Waals surface area contributed by atoms with E-state index in [1.807, 2.05) is 6.92 Å². The van der Waals surface area contributed by atoms with Crippen molar-refractivity contribution in [1.82, 2.24) is 4.90 Å². The van der Waals surface area contributed by atoms with E-state index in [4.69, 9.17) is 5.11 Å². The molecule has 1 N–H and O–H groups in total. The van der Waals surface area contributed by atoms with Crippen molar-refractivity contribution in [1.29, 1.82) is 0 Å². The van der Waals surface area contributed by atoms with E-state index in [0.717, 1.165) is 11.6 Å². The van der Waals surface area contributed by atoms with Gasteiger partial charge in [0.05, 0.1) is 0 Å². The highest BCUT2D eigenvalue weighted by molar-refractivity contribution is 5.94. The van der Waals surface area contributed by atoms with Crippen LogP contribution in [-0.2, 0) is 4.79 Å². The maximum Gasteiger partial charge on any atom is 0.328 e. The molecule has 1 rings (SSSR count). The smallest absolute Gasteiger partial charge is 0.328 e. The van der Waals surface area contributed by atoms with Gasteiger partial charge in [0.15, 0.2) is 0 Å². The second kappa shape index (κ2) is 6.89. The van der Waals surface area contributed by atoms with E-state index in [1.54, 1.807) is 36.2 Å². The van der Waals surface area contributed by atoms with Crippen molar-refractivity contribution in [2.45, 2.75) is 26.8 Å². The molecule has 0 fully saturated rings. The Morgan fingerprint density at radius 1 is 1.15 bits per heavy atom. The molecule has 1 amide bonds. The highest BCUT2D eigenvalue weighted by Gasteiger charge is 2.19. The maximum absolute atomic E-state index is 12.3. The number of benzene rings is 1. The molecule has 0 spiro atoms. The number of carbonyl (C=O) groups is 2. The molecule has 0 aromatic heterocycles. The van der Waals surface area contributed by atoms with Crippen molar-refractivity contribution >= 4 is 18.0 Å². The highest BCUT2D eigenvalue weighted by Crippen LogP contribution is 2.13. The Morgan fingerprint density at radius 3 is 2.15 bits per heavy atom. The predicted molar refractivity (Wildman–Crippen MR) is 79.5 cm³/mol. The van der Waals surface area contributed by atoms with E-state index < -0.39 is 5.97 Å². The van der Waals surface area contributed by atoms with Gasteiger partial charge < -0.3 is 10.0 Å². The van der Waals surface area contributed by atoms with E-state index in [9.17, 15) is 9.59 Å². The van der Waals surface area contributed by atoms with Crippen LogP contribution in [0.5, 0.6) is 0 Å². The Hall–Kier alpha value is -2.10. The van der Waals surface area contributed by atoms with Gasteiger partial charge in [0.1, 0.15) is 0 Å². The van der Waals surface area contributed by atoms with Gasteiger partial charge in [-0.3, -0.25) is 4.79 Å². The largest absolute Gasteiger partial charge is 0.478 e. The molecule has 1 unspecified atom stereocenters. The Morgan fingerprint density at radius 2 is 1.70 bits per heavy atom. The fraction of sp³-hybridized carbons (Fsp3) is 0.375. The molecule has 1 aromatic carbocycles.